The van der Waals surface area contributed by atoms with E-state index in [0.29, 0.717) is 6.04 Å². The van der Waals surface area contributed by atoms with Crippen LogP contribution in [0.15, 0.2) is 36.7 Å². The third-order valence-electron chi connectivity index (χ3n) is 3.66. The first-order valence-corrected chi connectivity index (χ1v) is 6.07. The Morgan fingerprint density at radius 3 is 2.06 bits per heavy atom. The van der Waals surface area contributed by atoms with Crippen LogP contribution in [-0.4, -0.2) is 15.8 Å². The SMILES string of the molecule is OC1CCC(n2cc3ccccc3c2)CC1. The number of nitrogens with zero attached hydrogens (tertiary/aromatic N) is 1. The van der Waals surface area contributed by atoms with E-state index in [1.165, 1.54) is 10.8 Å². The molecule has 0 amide bonds. The second-order valence-corrected chi connectivity index (χ2v) is 4.80. The summed E-state index contributed by atoms with van der Waals surface area (Å²) >= 11 is 0. The van der Waals surface area contributed by atoms with Crippen molar-refractivity contribution in [3.8, 4) is 0 Å². The minimum absolute atomic E-state index is 0.0683. The fourth-order valence-electron chi connectivity index (χ4n) is 2.67. The van der Waals surface area contributed by atoms with Crippen LogP contribution in [0, 0.1) is 0 Å². The number of rotatable bonds is 1. The lowest BCUT2D eigenvalue weighted by atomic mass is 9.93. The average molecular weight is 215 g/mol. The van der Waals surface area contributed by atoms with Crippen LogP contribution in [0.25, 0.3) is 10.8 Å². The van der Waals surface area contributed by atoms with Crippen LogP contribution in [0.3, 0.4) is 0 Å². The molecule has 0 saturated heterocycles. The molecule has 2 aromatic rings. The molecule has 1 heterocycles. The highest BCUT2D eigenvalue weighted by Gasteiger charge is 2.20. The normalized spacial score (nSPS) is 26.1. The van der Waals surface area contributed by atoms with Gasteiger partial charge in [0.1, 0.15) is 0 Å². The molecule has 3 rings (SSSR count). The molecule has 1 fully saturated rings. The highest BCUT2D eigenvalue weighted by molar-refractivity contribution is 5.82. The quantitative estimate of drug-likeness (QED) is 0.776. The van der Waals surface area contributed by atoms with Gasteiger partial charge < -0.3 is 9.67 Å². The van der Waals surface area contributed by atoms with Crippen LogP contribution in [0.2, 0.25) is 0 Å². The van der Waals surface area contributed by atoms with Crippen molar-refractivity contribution in [2.45, 2.75) is 37.8 Å². The lowest BCUT2D eigenvalue weighted by molar-refractivity contribution is 0.111. The summed E-state index contributed by atoms with van der Waals surface area (Å²) in [6.45, 7) is 0. The molecule has 1 N–H and O–H groups in total. The van der Waals surface area contributed by atoms with Gasteiger partial charge in [-0.05, 0) is 36.5 Å². The smallest absolute Gasteiger partial charge is 0.0541 e. The molecule has 1 aromatic heterocycles. The van der Waals surface area contributed by atoms with E-state index in [9.17, 15) is 5.11 Å². The molecule has 0 unspecified atom stereocenters. The fraction of sp³-hybridized carbons (Fsp3) is 0.429. The lowest BCUT2D eigenvalue weighted by Gasteiger charge is -2.26. The number of fused-ring (bicyclic) bond motifs is 1. The van der Waals surface area contributed by atoms with Crippen molar-refractivity contribution in [3.05, 3.63) is 36.7 Å². The molecule has 0 atom stereocenters. The molecule has 2 nitrogen and oxygen atoms in total. The Balaban J connectivity index is 1.88. The van der Waals surface area contributed by atoms with Crippen molar-refractivity contribution in [1.82, 2.24) is 4.57 Å². The zero-order chi connectivity index (χ0) is 11.0. The van der Waals surface area contributed by atoms with Gasteiger partial charge in [-0.2, -0.15) is 0 Å². The summed E-state index contributed by atoms with van der Waals surface area (Å²) in [6.07, 6.45) is 8.49. The van der Waals surface area contributed by atoms with Crippen LogP contribution in [-0.2, 0) is 0 Å². The van der Waals surface area contributed by atoms with Gasteiger partial charge in [0.05, 0.1) is 6.10 Å². The van der Waals surface area contributed by atoms with E-state index < -0.39 is 0 Å². The zero-order valence-corrected chi connectivity index (χ0v) is 9.34. The summed E-state index contributed by atoms with van der Waals surface area (Å²) in [4.78, 5) is 0. The van der Waals surface area contributed by atoms with E-state index in [1.807, 2.05) is 0 Å². The summed E-state index contributed by atoms with van der Waals surface area (Å²) in [5, 5.41) is 12.1. The molecule has 1 saturated carbocycles. The second kappa shape index (κ2) is 3.95. The Hall–Kier alpha value is -1.28. The van der Waals surface area contributed by atoms with Gasteiger partial charge in [-0.15, -0.1) is 0 Å². The molecule has 84 valence electrons. The number of hydrogen-bond acceptors (Lipinski definition) is 1. The van der Waals surface area contributed by atoms with Crippen molar-refractivity contribution in [2.75, 3.05) is 0 Å². The summed E-state index contributed by atoms with van der Waals surface area (Å²) < 4.78 is 2.33. The van der Waals surface area contributed by atoms with Crippen LogP contribution < -0.4 is 0 Å². The van der Waals surface area contributed by atoms with Crippen molar-refractivity contribution < 1.29 is 5.11 Å². The first-order chi connectivity index (χ1) is 7.83. The first kappa shape index (κ1) is 9.91. The van der Waals surface area contributed by atoms with Crippen LogP contribution >= 0.6 is 0 Å². The van der Waals surface area contributed by atoms with Crippen LogP contribution in [0.4, 0.5) is 0 Å². The molecular formula is C14H17NO. The Kier molecular flexibility index (Phi) is 2.44. The maximum absolute atomic E-state index is 9.50. The predicted molar refractivity (Wildman–Crippen MR) is 65.4 cm³/mol. The van der Waals surface area contributed by atoms with Gasteiger partial charge in [0, 0.05) is 18.4 Å². The van der Waals surface area contributed by atoms with Crippen molar-refractivity contribution in [2.24, 2.45) is 0 Å². The van der Waals surface area contributed by atoms with E-state index in [0.717, 1.165) is 25.7 Å². The molecule has 16 heavy (non-hydrogen) atoms. The molecule has 2 heteroatoms. The van der Waals surface area contributed by atoms with Crippen molar-refractivity contribution in [3.63, 3.8) is 0 Å². The van der Waals surface area contributed by atoms with E-state index >= 15 is 0 Å². The van der Waals surface area contributed by atoms with Gasteiger partial charge in [0.25, 0.3) is 0 Å². The Morgan fingerprint density at radius 2 is 1.50 bits per heavy atom. The number of benzene rings is 1. The van der Waals surface area contributed by atoms with E-state index in [1.54, 1.807) is 0 Å². The summed E-state index contributed by atoms with van der Waals surface area (Å²) in [7, 11) is 0. The maximum Gasteiger partial charge on any atom is 0.0541 e. The number of aliphatic hydroxyl groups is 1. The van der Waals surface area contributed by atoms with Gasteiger partial charge >= 0.3 is 0 Å². The third-order valence-corrected chi connectivity index (χ3v) is 3.66. The van der Waals surface area contributed by atoms with E-state index in [4.69, 9.17) is 0 Å². The number of hydrogen-bond donors (Lipinski definition) is 1. The molecule has 0 bridgehead atoms. The Morgan fingerprint density at radius 1 is 0.938 bits per heavy atom. The highest BCUT2D eigenvalue weighted by Crippen LogP contribution is 2.30. The topological polar surface area (TPSA) is 25.2 Å². The molecule has 1 aliphatic rings. The Labute approximate surface area is 95.5 Å². The van der Waals surface area contributed by atoms with Gasteiger partial charge in [0.2, 0.25) is 0 Å². The van der Waals surface area contributed by atoms with Crippen LogP contribution in [0.1, 0.15) is 31.7 Å². The summed E-state index contributed by atoms with van der Waals surface area (Å²) in [6, 6.07) is 9.05. The molecule has 0 aliphatic heterocycles. The first-order valence-electron chi connectivity index (χ1n) is 6.07. The third kappa shape index (κ3) is 1.74. The van der Waals surface area contributed by atoms with Gasteiger partial charge in [-0.3, -0.25) is 0 Å². The molecule has 0 spiro atoms. The number of aromatic nitrogens is 1. The molecule has 1 aliphatic carbocycles. The summed E-state index contributed by atoms with van der Waals surface area (Å²) in [5.74, 6) is 0. The van der Waals surface area contributed by atoms with Gasteiger partial charge in [0.15, 0.2) is 0 Å². The molecular weight excluding hydrogens is 198 g/mol. The second-order valence-electron chi connectivity index (χ2n) is 4.80. The average Bonchev–Trinajstić information content (AvgIpc) is 2.73. The predicted octanol–water partition coefficient (Wildman–Crippen LogP) is 3.12. The molecule has 0 radical (unpaired) electrons. The van der Waals surface area contributed by atoms with Gasteiger partial charge in [-0.25, -0.2) is 0 Å². The highest BCUT2D eigenvalue weighted by atomic mass is 16.3. The van der Waals surface area contributed by atoms with Gasteiger partial charge in [-0.1, -0.05) is 24.3 Å². The maximum atomic E-state index is 9.50. The minimum Gasteiger partial charge on any atom is -0.393 e. The number of aliphatic hydroxyl groups excluding tert-OH is 1. The zero-order valence-electron chi connectivity index (χ0n) is 9.34. The van der Waals surface area contributed by atoms with Crippen molar-refractivity contribution >= 4 is 10.8 Å². The lowest BCUT2D eigenvalue weighted by Crippen LogP contribution is -2.20. The molecule has 1 aromatic carbocycles. The summed E-state index contributed by atoms with van der Waals surface area (Å²) in [5.41, 5.74) is 0. The fourth-order valence-corrected chi connectivity index (χ4v) is 2.67. The standard InChI is InChI=1S/C14H17NO/c16-14-7-5-13(6-8-14)15-9-11-3-1-2-4-12(11)10-15/h1-4,9-10,13-14,16H,5-8H2. The van der Waals surface area contributed by atoms with Crippen molar-refractivity contribution in [1.29, 1.82) is 0 Å². The van der Waals surface area contributed by atoms with Crippen LogP contribution in [0.5, 0.6) is 0 Å². The minimum atomic E-state index is -0.0683. The van der Waals surface area contributed by atoms with E-state index in [2.05, 4.69) is 41.2 Å². The monoisotopic (exact) mass is 215 g/mol. The van der Waals surface area contributed by atoms with E-state index in [-0.39, 0.29) is 6.10 Å². The Bertz CT molecular complexity index is 447. The largest absolute Gasteiger partial charge is 0.393 e.